The van der Waals surface area contributed by atoms with Gasteiger partial charge in [-0.05, 0) is 72.6 Å². The first-order valence-electron chi connectivity index (χ1n) is 9.40. The smallest absolute Gasteiger partial charge is 0.300 e. The van der Waals surface area contributed by atoms with Crippen molar-refractivity contribution in [3.8, 4) is 6.07 Å². The van der Waals surface area contributed by atoms with Crippen LogP contribution in [0.5, 0.6) is 0 Å². The summed E-state index contributed by atoms with van der Waals surface area (Å²) in [4.78, 5) is 31.3. The van der Waals surface area contributed by atoms with Crippen molar-refractivity contribution in [3.05, 3.63) is 101 Å². The van der Waals surface area contributed by atoms with Crippen LogP contribution in [0.3, 0.4) is 0 Å². The van der Waals surface area contributed by atoms with Crippen LogP contribution in [-0.2, 0) is 9.59 Å². The summed E-state index contributed by atoms with van der Waals surface area (Å²) in [7, 11) is 0. The molecule has 0 spiro atoms. The van der Waals surface area contributed by atoms with Gasteiger partial charge in [0.15, 0.2) is 0 Å². The molecule has 2 aromatic carbocycles. The fraction of sp³-hybridized carbons (Fsp3) is 0.0833. The van der Waals surface area contributed by atoms with Crippen LogP contribution in [0.15, 0.2) is 72.6 Å². The first-order chi connectivity index (χ1) is 14.9. The summed E-state index contributed by atoms with van der Waals surface area (Å²) < 4.78 is 13.7. The third-order valence-corrected chi connectivity index (χ3v) is 5.17. The number of ketones is 1. The minimum absolute atomic E-state index is 0.105. The number of amides is 1. The van der Waals surface area contributed by atoms with Gasteiger partial charge in [0.05, 0.1) is 23.2 Å². The molecule has 152 valence electrons. The van der Waals surface area contributed by atoms with Crippen molar-refractivity contribution >= 4 is 23.1 Å². The number of hydrogen-bond acceptors (Lipinski definition) is 5. The Balaban J connectivity index is 1.93. The number of aromatic nitrogens is 1. The number of benzene rings is 2. The van der Waals surface area contributed by atoms with Gasteiger partial charge in [0.25, 0.3) is 11.7 Å². The fourth-order valence-corrected chi connectivity index (χ4v) is 3.60. The Morgan fingerprint density at radius 1 is 1.10 bits per heavy atom. The highest BCUT2D eigenvalue weighted by Gasteiger charge is 2.46. The lowest BCUT2D eigenvalue weighted by Gasteiger charge is -2.25. The second-order valence-electron chi connectivity index (χ2n) is 7.07. The van der Waals surface area contributed by atoms with E-state index < -0.39 is 23.5 Å². The number of aliphatic hydroxyl groups is 1. The Morgan fingerprint density at radius 3 is 2.39 bits per heavy atom. The molecule has 2 heterocycles. The number of halogens is 1. The molecule has 1 fully saturated rings. The number of carbonyl (C=O) groups excluding carboxylic acids is 2. The minimum atomic E-state index is -0.915. The molecule has 7 heteroatoms. The predicted octanol–water partition coefficient (Wildman–Crippen LogP) is 4.03. The standard InChI is InChI=1S/C24H16FN3O3/c1-14-12-17(4-7-19(14)25)22(29)20-21(16-8-10-27-11-9-16)28(24(31)23(20)30)18-5-2-15(13-26)3-6-18/h2-12,21,29H,1H3/b22-20-. The van der Waals surface area contributed by atoms with E-state index in [-0.39, 0.29) is 16.9 Å². The van der Waals surface area contributed by atoms with Gasteiger partial charge in [-0.3, -0.25) is 19.5 Å². The van der Waals surface area contributed by atoms with E-state index in [1.54, 1.807) is 43.3 Å². The van der Waals surface area contributed by atoms with Crippen LogP contribution in [0.4, 0.5) is 10.1 Å². The number of anilines is 1. The van der Waals surface area contributed by atoms with Gasteiger partial charge in [0.2, 0.25) is 0 Å². The second-order valence-corrected chi connectivity index (χ2v) is 7.07. The number of rotatable bonds is 3. The van der Waals surface area contributed by atoms with Crippen molar-refractivity contribution in [2.24, 2.45) is 0 Å². The molecule has 0 aliphatic carbocycles. The molecule has 1 unspecified atom stereocenters. The van der Waals surface area contributed by atoms with Crippen molar-refractivity contribution in [1.82, 2.24) is 4.98 Å². The monoisotopic (exact) mass is 413 g/mol. The molecule has 1 aromatic heterocycles. The van der Waals surface area contributed by atoms with Crippen LogP contribution in [0.25, 0.3) is 5.76 Å². The van der Waals surface area contributed by atoms with E-state index >= 15 is 0 Å². The number of aryl methyl sites for hydroxylation is 1. The fourth-order valence-electron chi connectivity index (χ4n) is 3.60. The van der Waals surface area contributed by atoms with Crippen molar-refractivity contribution < 1.29 is 19.1 Å². The molecule has 1 atom stereocenters. The molecule has 1 aliphatic rings. The molecule has 6 nitrogen and oxygen atoms in total. The van der Waals surface area contributed by atoms with Crippen LogP contribution in [0, 0.1) is 24.1 Å². The molecule has 4 rings (SSSR count). The zero-order valence-corrected chi connectivity index (χ0v) is 16.4. The summed E-state index contributed by atoms with van der Waals surface area (Å²) in [5.41, 5.74) is 1.80. The average molecular weight is 413 g/mol. The van der Waals surface area contributed by atoms with Gasteiger partial charge in [0.1, 0.15) is 11.6 Å². The molecule has 0 bridgehead atoms. The van der Waals surface area contributed by atoms with E-state index in [2.05, 4.69) is 4.98 Å². The van der Waals surface area contributed by atoms with E-state index in [4.69, 9.17) is 5.26 Å². The molecule has 1 N–H and O–H groups in total. The Morgan fingerprint density at radius 2 is 1.77 bits per heavy atom. The highest BCUT2D eigenvalue weighted by molar-refractivity contribution is 6.51. The van der Waals surface area contributed by atoms with Gasteiger partial charge in [-0.15, -0.1) is 0 Å². The number of nitriles is 1. The molecule has 31 heavy (non-hydrogen) atoms. The number of pyridine rings is 1. The summed E-state index contributed by atoms with van der Waals surface area (Å²) in [6.45, 7) is 1.54. The van der Waals surface area contributed by atoms with Crippen molar-refractivity contribution in [2.45, 2.75) is 13.0 Å². The average Bonchev–Trinajstić information content (AvgIpc) is 3.06. The SMILES string of the molecule is Cc1cc(/C(O)=C2/C(=O)C(=O)N(c3ccc(C#N)cc3)C2c2ccncc2)ccc1F. The van der Waals surface area contributed by atoms with Crippen molar-refractivity contribution in [2.75, 3.05) is 4.90 Å². The first-order valence-corrected chi connectivity index (χ1v) is 9.40. The largest absolute Gasteiger partial charge is 0.507 e. The van der Waals surface area contributed by atoms with Gasteiger partial charge in [-0.25, -0.2) is 4.39 Å². The molecule has 0 saturated carbocycles. The maximum Gasteiger partial charge on any atom is 0.300 e. The maximum absolute atomic E-state index is 13.7. The van der Waals surface area contributed by atoms with Crippen LogP contribution >= 0.6 is 0 Å². The van der Waals surface area contributed by atoms with Crippen LogP contribution in [0.2, 0.25) is 0 Å². The molecular weight excluding hydrogens is 397 g/mol. The van der Waals surface area contributed by atoms with E-state index in [9.17, 15) is 19.1 Å². The topological polar surface area (TPSA) is 94.3 Å². The van der Waals surface area contributed by atoms with E-state index in [1.165, 1.54) is 35.5 Å². The molecular formula is C24H16FN3O3. The van der Waals surface area contributed by atoms with Crippen LogP contribution in [0.1, 0.15) is 28.3 Å². The number of Topliss-reactive ketones (excluding diaryl/α,β-unsaturated/α-hetero) is 1. The zero-order chi connectivity index (χ0) is 22.1. The number of carbonyl (C=O) groups is 2. The van der Waals surface area contributed by atoms with Gasteiger partial charge in [-0.1, -0.05) is 0 Å². The van der Waals surface area contributed by atoms with E-state index in [0.29, 0.717) is 22.4 Å². The van der Waals surface area contributed by atoms with Crippen molar-refractivity contribution in [1.29, 1.82) is 5.26 Å². The molecule has 1 saturated heterocycles. The summed E-state index contributed by atoms with van der Waals surface area (Å²) in [6.07, 6.45) is 3.05. The van der Waals surface area contributed by atoms with E-state index in [0.717, 1.165) is 0 Å². The highest BCUT2D eigenvalue weighted by atomic mass is 19.1. The normalized spacial score (nSPS) is 17.6. The Kier molecular flexibility index (Phi) is 5.05. The highest BCUT2D eigenvalue weighted by Crippen LogP contribution is 2.42. The molecule has 0 radical (unpaired) electrons. The minimum Gasteiger partial charge on any atom is -0.507 e. The summed E-state index contributed by atoms with van der Waals surface area (Å²) >= 11 is 0. The number of aliphatic hydroxyl groups excluding tert-OH is 1. The first kappa shape index (κ1) is 20.0. The van der Waals surface area contributed by atoms with Gasteiger partial charge < -0.3 is 5.11 Å². The lowest BCUT2D eigenvalue weighted by molar-refractivity contribution is -0.132. The van der Waals surface area contributed by atoms with Gasteiger partial charge in [0, 0.05) is 23.6 Å². The Hall–Kier alpha value is -4.31. The Labute approximate surface area is 177 Å². The van der Waals surface area contributed by atoms with Crippen molar-refractivity contribution in [3.63, 3.8) is 0 Å². The number of hydrogen-bond donors (Lipinski definition) is 1. The molecule has 3 aromatic rings. The zero-order valence-electron chi connectivity index (χ0n) is 16.4. The lowest BCUT2D eigenvalue weighted by atomic mass is 9.95. The van der Waals surface area contributed by atoms with Gasteiger partial charge in [-0.2, -0.15) is 5.26 Å². The van der Waals surface area contributed by atoms with Gasteiger partial charge >= 0.3 is 0 Å². The summed E-state index contributed by atoms with van der Waals surface area (Å²) in [6, 6.07) is 14.6. The Bertz CT molecular complexity index is 1260. The van der Waals surface area contributed by atoms with Crippen LogP contribution in [-0.4, -0.2) is 21.8 Å². The summed E-state index contributed by atoms with van der Waals surface area (Å²) in [5, 5.41) is 20.0. The van der Waals surface area contributed by atoms with Crippen LogP contribution < -0.4 is 4.90 Å². The number of nitrogens with zero attached hydrogens (tertiary/aromatic N) is 3. The third kappa shape index (κ3) is 3.45. The summed E-state index contributed by atoms with van der Waals surface area (Å²) in [5.74, 6) is -2.50. The molecule has 1 aliphatic heterocycles. The maximum atomic E-state index is 13.7. The lowest BCUT2D eigenvalue weighted by Crippen LogP contribution is -2.29. The molecule has 1 amide bonds. The predicted molar refractivity (Wildman–Crippen MR) is 111 cm³/mol. The third-order valence-electron chi connectivity index (χ3n) is 5.17. The van der Waals surface area contributed by atoms with E-state index in [1.807, 2.05) is 6.07 Å². The second kappa shape index (κ2) is 7.84. The quantitative estimate of drug-likeness (QED) is 0.398.